The normalized spacial score (nSPS) is 25.3. The van der Waals surface area contributed by atoms with Gasteiger partial charge in [-0.3, -0.25) is 14.5 Å². The van der Waals surface area contributed by atoms with E-state index in [1.54, 1.807) is 6.33 Å². The molecule has 128 valence electrons. The van der Waals surface area contributed by atoms with Gasteiger partial charge in [-0.25, -0.2) is 0 Å². The third-order valence-corrected chi connectivity index (χ3v) is 4.53. The maximum Gasteiger partial charge on any atom is 0.290 e. The van der Waals surface area contributed by atoms with Gasteiger partial charge in [0.05, 0.1) is 12.6 Å². The highest BCUT2D eigenvalue weighted by Gasteiger charge is 2.37. The Labute approximate surface area is 135 Å². The molecule has 3 saturated heterocycles. The van der Waals surface area contributed by atoms with E-state index < -0.39 is 0 Å². The molecule has 0 spiro atoms. The average molecular weight is 323 g/mol. The number of aryl methyl sites for hydroxylation is 1. The van der Waals surface area contributed by atoms with Crippen LogP contribution in [-0.4, -0.2) is 56.3 Å². The smallest absolute Gasteiger partial charge is 0.290 e. The summed E-state index contributed by atoms with van der Waals surface area (Å²) in [6.07, 6.45) is 6.31. The van der Waals surface area contributed by atoms with Crippen molar-refractivity contribution in [3.63, 3.8) is 0 Å². The van der Waals surface area contributed by atoms with E-state index in [9.17, 15) is 4.79 Å². The molecule has 0 aliphatic carbocycles. The fourth-order valence-corrected chi connectivity index (χ4v) is 3.37. The Bertz CT molecular complexity index is 511. The van der Waals surface area contributed by atoms with Crippen LogP contribution in [0.2, 0.25) is 0 Å². The van der Waals surface area contributed by atoms with Crippen molar-refractivity contribution in [3.8, 4) is 0 Å². The van der Waals surface area contributed by atoms with Crippen LogP contribution < -0.4 is 5.32 Å². The average Bonchev–Trinajstić information content (AvgIpc) is 3.02. The Balaban J connectivity index is 0.000000595. The monoisotopic (exact) mass is 323 g/mol. The summed E-state index contributed by atoms with van der Waals surface area (Å²) in [6.45, 7) is 5.40. The number of carbonyl (C=O) groups excluding carboxylic acids is 1. The molecule has 1 aromatic rings. The molecule has 0 radical (unpaired) electrons. The minimum atomic E-state index is -0.250. The highest BCUT2D eigenvalue weighted by Crippen LogP contribution is 2.31. The number of aromatic nitrogens is 3. The summed E-state index contributed by atoms with van der Waals surface area (Å²) in [5.74, 6) is 1.75. The molecule has 3 aliphatic rings. The van der Waals surface area contributed by atoms with Gasteiger partial charge < -0.3 is 15.0 Å². The van der Waals surface area contributed by atoms with Crippen molar-refractivity contribution in [2.45, 2.75) is 51.7 Å². The predicted molar refractivity (Wildman–Crippen MR) is 83.6 cm³/mol. The van der Waals surface area contributed by atoms with Crippen molar-refractivity contribution in [2.24, 2.45) is 5.92 Å². The molecule has 0 aromatic carbocycles. The van der Waals surface area contributed by atoms with Gasteiger partial charge in [-0.1, -0.05) is 6.92 Å². The summed E-state index contributed by atoms with van der Waals surface area (Å²) in [5.41, 5.74) is 0. The molecule has 1 unspecified atom stereocenters. The van der Waals surface area contributed by atoms with Crippen LogP contribution in [0.5, 0.6) is 0 Å². The lowest BCUT2D eigenvalue weighted by atomic mass is 9.83. The number of carboxylic acid groups (broad SMARTS) is 1. The van der Waals surface area contributed by atoms with Gasteiger partial charge in [0.1, 0.15) is 6.33 Å². The SMILES string of the molecule is CCCn1cnnc1CNC(=O)C1CC2CCN1CC2.O=CO. The third kappa shape index (κ3) is 4.51. The maximum atomic E-state index is 12.3. The van der Waals surface area contributed by atoms with Gasteiger partial charge in [0.2, 0.25) is 5.91 Å². The van der Waals surface area contributed by atoms with E-state index in [-0.39, 0.29) is 18.4 Å². The summed E-state index contributed by atoms with van der Waals surface area (Å²) >= 11 is 0. The fraction of sp³-hybridized carbons (Fsp3) is 0.733. The second kappa shape index (κ2) is 8.61. The molecule has 8 nitrogen and oxygen atoms in total. The quantitative estimate of drug-likeness (QED) is 0.765. The van der Waals surface area contributed by atoms with Crippen molar-refractivity contribution in [3.05, 3.63) is 12.2 Å². The zero-order valence-corrected chi connectivity index (χ0v) is 13.5. The zero-order valence-electron chi connectivity index (χ0n) is 13.5. The van der Waals surface area contributed by atoms with Crippen molar-refractivity contribution in [1.29, 1.82) is 0 Å². The van der Waals surface area contributed by atoms with Crippen LogP contribution in [0.1, 0.15) is 38.4 Å². The largest absolute Gasteiger partial charge is 0.483 e. The summed E-state index contributed by atoms with van der Waals surface area (Å²) < 4.78 is 2.01. The third-order valence-electron chi connectivity index (χ3n) is 4.53. The van der Waals surface area contributed by atoms with Crippen molar-refractivity contribution in [1.82, 2.24) is 25.0 Å². The first kappa shape index (κ1) is 17.4. The predicted octanol–water partition coefficient (Wildman–Crippen LogP) is 0.489. The first-order chi connectivity index (χ1) is 11.2. The Morgan fingerprint density at radius 2 is 2.17 bits per heavy atom. The zero-order chi connectivity index (χ0) is 16.7. The minimum Gasteiger partial charge on any atom is -0.483 e. The first-order valence-corrected chi connectivity index (χ1v) is 8.15. The lowest BCUT2D eigenvalue weighted by molar-refractivity contribution is -0.130. The lowest BCUT2D eigenvalue weighted by Gasteiger charge is -2.44. The molecule has 3 fully saturated rings. The molecular weight excluding hydrogens is 298 g/mol. The van der Waals surface area contributed by atoms with Crippen molar-refractivity contribution in [2.75, 3.05) is 13.1 Å². The van der Waals surface area contributed by atoms with Crippen LogP contribution in [-0.2, 0) is 22.7 Å². The fourth-order valence-electron chi connectivity index (χ4n) is 3.37. The molecule has 4 heterocycles. The Morgan fingerprint density at radius 3 is 2.74 bits per heavy atom. The van der Waals surface area contributed by atoms with Gasteiger partial charge in [-0.15, -0.1) is 10.2 Å². The van der Waals surface area contributed by atoms with Crippen LogP contribution in [0.25, 0.3) is 0 Å². The lowest BCUT2D eigenvalue weighted by Crippen LogP contribution is -2.55. The second-order valence-electron chi connectivity index (χ2n) is 5.99. The molecule has 23 heavy (non-hydrogen) atoms. The Kier molecular flexibility index (Phi) is 6.52. The number of carbonyl (C=O) groups is 2. The standard InChI is InChI=1S/C14H23N5O.CH2O2/c1-2-5-19-10-16-17-13(19)9-15-14(20)12-8-11-3-6-18(12)7-4-11;2-1-3/h10-12H,2-9H2,1H3,(H,15,20);1H,(H,2,3). The van der Waals surface area contributed by atoms with Gasteiger partial charge in [0.15, 0.2) is 5.82 Å². The van der Waals surface area contributed by atoms with Crippen molar-refractivity contribution < 1.29 is 14.7 Å². The first-order valence-electron chi connectivity index (χ1n) is 8.15. The van der Waals surface area contributed by atoms with E-state index in [1.807, 2.05) is 4.57 Å². The molecule has 3 aliphatic heterocycles. The summed E-state index contributed by atoms with van der Waals surface area (Å²) in [4.78, 5) is 23.0. The van der Waals surface area contributed by atoms with Crippen LogP contribution >= 0.6 is 0 Å². The van der Waals surface area contributed by atoms with E-state index >= 15 is 0 Å². The van der Waals surface area contributed by atoms with Gasteiger partial charge >= 0.3 is 0 Å². The molecule has 1 aromatic heterocycles. The van der Waals surface area contributed by atoms with Gasteiger partial charge in [-0.2, -0.15) is 0 Å². The molecule has 4 rings (SSSR count). The van der Waals surface area contributed by atoms with Gasteiger partial charge in [-0.05, 0) is 44.7 Å². The summed E-state index contributed by atoms with van der Waals surface area (Å²) in [6, 6.07) is 0.0741. The van der Waals surface area contributed by atoms with Crippen LogP contribution in [0.15, 0.2) is 6.33 Å². The second-order valence-corrected chi connectivity index (χ2v) is 5.99. The molecule has 8 heteroatoms. The van der Waals surface area contributed by atoms with E-state index in [4.69, 9.17) is 9.90 Å². The van der Waals surface area contributed by atoms with E-state index in [1.165, 1.54) is 12.8 Å². The number of fused-ring (bicyclic) bond motifs is 3. The Hall–Kier alpha value is -1.96. The number of nitrogens with zero attached hydrogens (tertiary/aromatic N) is 4. The van der Waals surface area contributed by atoms with E-state index in [0.29, 0.717) is 6.54 Å². The van der Waals surface area contributed by atoms with E-state index in [2.05, 4.69) is 27.3 Å². The topological polar surface area (TPSA) is 100 Å². The molecule has 0 saturated carbocycles. The highest BCUT2D eigenvalue weighted by molar-refractivity contribution is 5.81. The molecule has 2 bridgehead atoms. The number of hydrogen-bond donors (Lipinski definition) is 2. The Morgan fingerprint density at radius 1 is 1.48 bits per heavy atom. The van der Waals surface area contributed by atoms with Gasteiger partial charge in [0, 0.05) is 6.54 Å². The van der Waals surface area contributed by atoms with Gasteiger partial charge in [0.25, 0.3) is 6.47 Å². The van der Waals surface area contributed by atoms with Crippen molar-refractivity contribution >= 4 is 12.4 Å². The number of nitrogens with one attached hydrogen (secondary N) is 1. The van der Waals surface area contributed by atoms with E-state index in [0.717, 1.165) is 44.2 Å². The number of hydrogen-bond acceptors (Lipinski definition) is 5. The van der Waals surface area contributed by atoms with Crippen LogP contribution in [0.4, 0.5) is 0 Å². The molecule has 1 atom stereocenters. The summed E-state index contributed by atoms with van der Waals surface area (Å²) in [5, 5.41) is 17.9. The number of piperidine rings is 3. The molecule has 1 amide bonds. The molecular formula is C15H25N5O3. The highest BCUT2D eigenvalue weighted by atomic mass is 16.3. The van der Waals surface area contributed by atoms with Crippen LogP contribution in [0.3, 0.4) is 0 Å². The minimum absolute atomic E-state index is 0.0741. The number of amides is 1. The maximum absolute atomic E-state index is 12.3. The summed E-state index contributed by atoms with van der Waals surface area (Å²) in [7, 11) is 0. The van der Waals surface area contributed by atoms with Crippen LogP contribution in [0, 0.1) is 5.92 Å². The molecule has 2 N–H and O–H groups in total. The number of rotatable bonds is 5.